The summed E-state index contributed by atoms with van der Waals surface area (Å²) in [6.45, 7) is 6.33. The molecule has 1 rings (SSSR count). The Kier molecular flexibility index (Phi) is 4.71. The second-order valence-corrected chi connectivity index (χ2v) is 6.75. The summed E-state index contributed by atoms with van der Waals surface area (Å²) < 4.78 is 39.9. The topological polar surface area (TPSA) is 66.4 Å². The molecular weight excluding hydrogens is 269 g/mol. The first-order chi connectivity index (χ1) is 8.59. The average molecular weight is 289 g/mol. The van der Waals surface area contributed by atoms with Gasteiger partial charge in [-0.2, -0.15) is 0 Å². The Hall–Kier alpha value is -0.980. The van der Waals surface area contributed by atoms with Crippen molar-refractivity contribution in [1.82, 2.24) is 4.72 Å². The molecule has 0 bridgehead atoms. The van der Waals surface area contributed by atoms with Crippen molar-refractivity contribution >= 4 is 10.0 Å². The van der Waals surface area contributed by atoms with Gasteiger partial charge >= 0.3 is 0 Å². The molecule has 0 spiro atoms. The summed E-state index contributed by atoms with van der Waals surface area (Å²) in [6, 6.07) is 2.36. The lowest BCUT2D eigenvalue weighted by Crippen LogP contribution is -2.40. The van der Waals surface area contributed by atoms with Gasteiger partial charge in [-0.15, -0.1) is 0 Å². The van der Waals surface area contributed by atoms with Gasteiger partial charge in [-0.25, -0.2) is 17.5 Å². The molecule has 1 atom stereocenters. The Labute approximate surface area is 113 Å². The van der Waals surface area contributed by atoms with E-state index in [1.165, 1.54) is 12.1 Å². The fourth-order valence-corrected chi connectivity index (χ4v) is 3.38. The lowest BCUT2D eigenvalue weighted by molar-refractivity contribution is 0.0613. The number of rotatable bonds is 5. The van der Waals surface area contributed by atoms with Crippen molar-refractivity contribution in [3.63, 3.8) is 0 Å². The van der Waals surface area contributed by atoms with E-state index in [1.54, 1.807) is 27.7 Å². The summed E-state index contributed by atoms with van der Waals surface area (Å²) in [5, 5.41) is 9.83. The molecule has 19 heavy (non-hydrogen) atoms. The molecule has 6 heteroatoms. The molecule has 0 amide bonds. The second-order valence-electron chi connectivity index (χ2n) is 5.04. The predicted molar refractivity (Wildman–Crippen MR) is 72.0 cm³/mol. The zero-order chi connectivity index (χ0) is 14.8. The van der Waals surface area contributed by atoms with Crippen LogP contribution >= 0.6 is 0 Å². The largest absolute Gasteiger partial charge is 0.389 e. The van der Waals surface area contributed by atoms with Gasteiger partial charge in [-0.1, -0.05) is 6.92 Å². The zero-order valence-electron chi connectivity index (χ0n) is 11.6. The highest BCUT2D eigenvalue weighted by atomic mass is 32.2. The summed E-state index contributed by atoms with van der Waals surface area (Å²) in [5.41, 5.74) is -0.406. The fourth-order valence-electron chi connectivity index (χ4n) is 1.77. The van der Waals surface area contributed by atoms with Gasteiger partial charge in [-0.05, 0) is 50.5 Å². The molecule has 0 saturated carbocycles. The molecule has 1 aromatic carbocycles. The van der Waals surface area contributed by atoms with Crippen LogP contribution < -0.4 is 4.72 Å². The molecule has 0 saturated heterocycles. The lowest BCUT2D eigenvalue weighted by atomic mass is 10.1. The van der Waals surface area contributed by atoms with Gasteiger partial charge in [0.15, 0.2) is 0 Å². The minimum atomic E-state index is -3.76. The standard InChI is InChI=1S/C13H20FNO3S/c1-5-13(4,16)8-15-19(17,18)12-9(2)6-11(14)7-10(12)3/h6-7,15-16H,5,8H2,1-4H3. The molecular formula is C13H20FNO3S. The van der Waals surface area contributed by atoms with E-state index in [1.807, 2.05) is 0 Å². The highest BCUT2D eigenvalue weighted by Crippen LogP contribution is 2.21. The lowest BCUT2D eigenvalue weighted by Gasteiger charge is -2.22. The van der Waals surface area contributed by atoms with Crippen LogP contribution in [0.25, 0.3) is 0 Å². The Bertz CT molecular complexity index is 544. The van der Waals surface area contributed by atoms with E-state index in [2.05, 4.69) is 4.72 Å². The van der Waals surface area contributed by atoms with Gasteiger partial charge in [-0.3, -0.25) is 0 Å². The Balaban J connectivity index is 3.09. The maximum Gasteiger partial charge on any atom is 0.241 e. The van der Waals surface area contributed by atoms with Crippen LogP contribution in [0.3, 0.4) is 0 Å². The van der Waals surface area contributed by atoms with E-state index in [0.717, 1.165) is 0 Å². The number of sulfonamides is 1. The summed E-state index contributed by atoms with van der Waals surface area (Å²) >= 11 is 0. The van der Waals surface area contributed by atoms with Crippen LogP contribution in [0.5, 0.6) is 0 Å². The summed E-state index contributed by atoms with van der Waals surface area (Å²) in [4.78, 5) is 0.0702. The highest BCUT2D eigenvalue weighted by molar-refractivity contribution is 7.89. The third-order valence-corrected chi connectivity index (χ3v) is 4.80. The quantitative estimate of drug-likeness (QED) is 0.870. The first-order valence-electron chi connectivity index (χ1n) is 6.08. The second kappa shape index (κ2) is 5.56. The first kappa shape index (κ1) is 16.1. The molecule has 0 aliphatic heterocycles. The number of halogens is 1. The molecule has 0 aromatic heterocycles. The Morgan fingerprint density at radius 1 is 1.32 bits per heavy atom. The van der Waals surface area contributed by atoms with Gasteiger partial charge in [0.05, 0.1) is 10.5 Å². The zero-order valence-corrected chi connectivity index (χ0v) is 12.4. The Morgan fingerprint density at radius 3 is 2.21 bits per heavy atom. The highest BCUT2D eigenvalue weighted by Gasteiger charge is 2.25. The van der Waals surface area contributed by atoms with Crippen LogP contribution in [0, 0.1) is 19.7 Å². The molecule has 1 unspecified atom stereocenters. The van der Waals surface area contributed by atoms with Gasteiger partial charge in [0.25, 0.3) is 0 Å². The number of aryl methyl sites for hydroxylation is 2. The molecule has 0 radical (unpaired) electrons. The van der Waals surface area contributed by atoms with Crippen molar-refractivity contribution in [2.75, 3.05) is 6.54 Å². The summed E-state index contributed by atoms with van der Waals surface area (Å²) in [6.07, 6.45) is 0.427. The number of hydrogen-bond donors (Lipinski definition) is 2. The van der Waals surface area contributed by atoms with Crippen molar-refractivity contribution in [1.29, 1.82) is 0 Å². The Morgan fingerprint density at radius 2 is 1.79 bits per heavy atom. The molecule has 0 aliphatic rings. The van der Waals surface area contributed by atoms with Crippen LogP contribution in [-0.4, -0.2) is 25.7 Å². The third-order valence-electron chi connectivity index (χ3n) is 3.10. The molecule has 1 aromatic rings. The minimum Gasteiger partial charge on any atom is -0.389 e. The molecule has 0 fully saturated rings. The number of hydrogen-bond acceptors (Lipinski definition) is 3. The first-order valence-corrected chi connectivity index (χ1v) is 7.56. The van der Waals surface area contributed by atoms with Gasteiger partial charge in [0.2, 0.25) is 10.0 Å². The molecule has 0 heterocycles. The maximum absolute atomic E-state index is 13.2. The van der Waals surface area contributed by atoms with E-state index in [0.29, 0.717) is 17.5 Å². The van der Waals surface area contributed by atoms with Crippen molar-refractivity contribution in [2.24, 2.45) is 0 Å². The van der Waals surface area contributed by atoms with Gasteiger partial charge in [0.1, 0.15) is 5.82 Å². The van der Waals surface area contributed by atoms with Crippen LogP contribution in [0.4, 0.5) is 4.39 Å². The number of benzene rings is 1. The van der Waals surface area contributed by atoms with E-state index in [9.17, 15) is 17.9 Å². The molecule has 4 nitrogen and oxygen atoms in total. The normalized spacial score (nSPS) is 15.3. The predicted octanol–water partition coefficient (Wildman–Crippen LogP) is 1.88. The molecule has 108 valence electrons. The average Bonchev–Trinajstić information content (AvgIpc) is 2.25. The van der Waals surface area contributed by atoms with Crippen LogP contribution in [-0.2, 0) is 10.0 Å². The molecule has 0 aliphatic carbocycles. The summed E-state index contributed by atoms with van der Waals surface area (Å²) in [5.74, 6) is -0.463. The van der Waals surface area contributed by atoms with Crippen LogP contribution in [0.2, 0.25) is 0 Å². The fraction of sp³-hybridized carbons (Fsp3) is 0.538. The van der Waals surface area contributed by atoms with Crippen LogP contribution in [0.15, 0.2) is 17.0 Å². The minimum absolute atomic E-state index is 0.0702. The SMILES string of the molecule is CCC(C)(O)CNS(=O)(=O)c1c(C)cc(F)cc1C. The van der Waals surface area contributed by atoms with E-state index >= 15 is 0 Å². The molecule has 2 N–H and O–H groups in total. The number of nitrogens with one attached hydrogen (secondary N) is 1. The van der Waals surface area contributed by atoms with Crippen molar-refractivity contribution in [3.8, 4) is 0 Å². The van der Waals surface area contributed by atoms with E-state index < -0.39 is 21.4 Å². The third kappa shape index (κ3) is 3.99. The van der Waals surface area contributed by atoms with E-state index in [4.69, 9.17) is 0 Å². The monoisotopic (exact) mass is 289 g/mol. The van der Waals surface area contributed by atoms with Crippen molar-refractivity contribution in [2.45, 2.75) is 44.6 Å². The van der Waals surface area contributed by atoms with Gasteiger partial charge < -0.3 is 5.11 Å². The maximum atomic E-state index is 13.2. The summed E-state index contributed by atoms with van der Waals surface area (Å²) in [7, 11) is -3.76. The van der Waals surface area contributed by atoms with Crippen LogP contribution in [0.1, 0.15) is 31.4 Å². The van der Waals surface area contributed by atoms with Crippen molar-refractivity contribution in [3.05, 3.63) is 29.1 Å². The van der Waals surface area contributed by atoms with Gasteiger partial charge in [0, 0.05) is 6.54 Å². The smallest absolute Gasteiger partial charge is 0.241 e. The van der Waals surface area contributed by atoms with Crippen molar-refractivity contribution < 1.29 is 17.9 Å². The number of aliphatic hydroxyl groups is 1. The van der Waals surface area contributed by atoms with E-state index in [-0.39, 0.29) is 11.4 Å².